The summed E-state index contributed by atoms with van der Waals surface area (Å²) in [4.78, 5) is 19.0. The second-order valence-corrected chi connectivity index (χ2v) is 8.09. The zero-order chi connectivity index (χ0) is 17.3. The van der Waals surface area contributed by atoms with E-state index >= 15 is 0 Å². The van der Waals surface area contributed by atoms with Gasteiger partial charge < -0.3 is 10.0 Å². The maximum atomic E-state index is 12.6. The Hall–Kier alpha value is -1.72. The van der Waals surface area contributed by atoms with E-state index in [-0.39, 0.29) is 11.9 Å². The van der Waals surface area contributed by atoms with Gasteiger partial charge in [0.15, 0.2) is 0 Å². The quantitative estimate of drug-likeness (QED) is 0.924. The number of aliphatic hydroxyl groups is 1. The van der Waals surface area contributed by atoms with Gasteiger partial charge in [0.1, 0.15) is 0 Å². The van der Waals surface area contributed by atoms with Crippen molar-refractivity contribution in [3.8, 4) is 11.3 Å². The molecule has 1 N–H and O–H groups in total. The number of rotatable bonds is 4. The Balaban J connectivity index is 1.68. The SMILES string of the molecule is Cc1nc(-c2ccc(CC(=O)N3CCCC3C(C)(C)O)cc2)cs1. The minimum Gasteiger partial charge on any atom is -0.388 e. The molecule has 1 aromatic carbocycles. The number of likely N-dealkylation sites (tertiary alicyclic amines) is 1. The van der Waals surface area contributed by atoms with Crippen molar-refractivity contribution < 1.29 is 9.90 Å². The van der Waals surface area contributed by atoms with Crippen molar-refractivity contribution in [3.63, 3.8) is 0 Å². The van der Waals surface area contributed by atoms with Gasteiger partial charge in [-0.15, -0.1) is 11.3 Å². The van der Waals surface area contributed by atoms with Gasteiger partial charge in [-0.25, -0.2) is 4.98 Å². The summed E-state index contributed by atoms with van der Waals surface area (Å²) in [5, 5.41) is 13.4. The second-order valence-electron chi connectivity index (χ2n) is 7.02. The van der Waals surface area contributed by atoms with E-state index < -0.39 is 5.60 Å². The molecule has 3 rings (SSSR count). The normalized spacial score (nSPS) is 18.2. The number of nitrogens with zero attached hydrogens (tertiary/aromatic N) is 2. The molecule has 1 atom stereocenters. The summed E-state index contributed by atoms with van der Waals surface area (Å²) in [6.07, 6.45) is 2.21. The number of aryl methyl sites for hydroxylation is 1. The first kappa shape index (κ1) is 17.1. The molecule has 1 amide bonds. The monoisotopic (exact) mass is 344 g/mol. The molecule has 0 saturated carbocycles. The number of thiazole rings is 1. The highest BCUT2D eigenvalue weighted by Gasteiger charge is 2.38. The van der Waals surface area contributed by atoms with Crippen LogP contribution in [0.3, 0.4) is 0 Å². The van der Waals surface area contributed by atoms with Crippen LogP contribution in [0.1, 0.15) is 37.3 Å². The predicted octanol–water partition coefficient (Wildman–Crippen LogP) is 3.42. The molecule has 1 aromatic heterocycles. The summed E-state index contributed by atoms with van der Waals surface area (Å²) in [6, 6.07) is 7.96. The number of carbonyl (C=O) groups is 1. The topological polar surface area (TPSA) is 53.4 Å². The van der Waals surface area contributed by atoms with Gasteiger partial charge in [-0.2, -0.15) is 0 Å². The van der Waals surface area contributed by atoms with Crippen molar-refractivity contribution >= 4 is 17.2 Å². The Kier molecular flexibility index (Phi) is 4.74. The largest absolute Gasteiger partial charge is 0.388 e. The van der Waals surface area contributed by atoms with Crippen molar-refractivity contribution in [1.29, 1.82) is 0 Å². The van der Waals surface area contributed by atoms with E-state index in [4.69, 9.17) is 0 Å². The molecule has 1 aliphatic heterocycles. The Bertz CT molecular complexity index is 716. The molecular formula is C19H24N2O2S. The third kappa shape index (κ3) is 3.68. The Morgan fingerprint density at radius 2 is 2.08 bits per heavy atom. The van der Waals surface area contributed by atoms with Gasteiger partial charge in [0.05, 0.1) is 28.8 Å². The van der Waals surface area contributed by atoms with E-state index in [1.165, 1.54) is 0 Å². The van der Waals surface area contributed by atoms with Crippen LogP contribution in [0.4, 0.5) is 0 Å². The molecule has 0 spiro atoms. The predicted molar refractivity (Wildman–Crippen MR) is 97.0 cm³/mol. The fourth-order valence-corrected chi connectivity index (χ4v) is 3.99. The molecule has 24 heavy (non-hydrogen) atoms. The van der Waals surface area contributed by atoms with Gasteiger partial charge in [-0.05, 0) is 39.2 Å². The van der Waals surface area contributed by atoms with Crippen molar-refractivity contribution in [3.05, 3.63) is 40.2 Å². The minimum atomic E-state index is -0.849. The lowest BCUT2D eigenvalue weighted by molar-refractivity contribution is -0.135. The van der Waals surface area contributed by atoms with Gasteiger partial charge in [0, 0.05) is 17.5 Å². The number of hydrogen-bond acceptors (Lipinski definition) is 4. The lowest BCUT2D eigenvalue weighted by atomic mass is 9.96. The van der Waals surface area contributed by atoms with Crippen LogP contribution in [0.25, 0.3) is 11.3 Å². The summed E-state index contributed by atoms with van der Waals surface area (Å²) in [5.74, 6) is 0.0943. The molecule has 0 radical (unpaired) electrons. The maximum absolute atomic E-state index is 12.6. The van der Waals surface area contributed by atoms with E-state index in [1.54, 1.807) is 25.2 Å². The molecule has 0 aliphatic carbocycles. The molecule has 2 aromatic rings. The minimum absolute atomic E-state index is 0.0812. The molecule has 1 unspecified atom stereocenters. The Morgan fingerprint density at radius 1 is 1.38 bits per heavy atom. The highest BCUT2D eigenvalue weighted by molar-refractivity contribution is 7.09. The van der Waals surface area contributed by atoms with Crippen LogP contribution < -0.4 is 0 Å². The third-order valence-electron chi connectivity index (χ3n) is 4.61. The molecule has 5 heteroatoms. The van der Waals surface area contributed by atoms with Crippen LogP contribution in [0.5, 0.6) is 0 Å². The number of benzene rings is 1. The van der Waals surface area contributed by atoms with Gasteiger partial charge in [0.2, 0.25) is 5.91 Å². The summed E-state index contributed by atoms with van der Waals surface area (Å²) in [5.41, 5.74) is 2.21. The molecule has 1 aliphatic rings. The number of carbonyl (C=O) groups excluding carboxylic acids is 1. The molecule has 128 valence electrons. The number of aromatic nitrogens is 1. The Labute approximate surface area is 147 Å². The van der Waals surface area contributed by atoms with Crippen LogP contribution in [0.2, 0.25) is 0 Å². The van der Waals surface area contributed by atoms with E-state index in [9.17, 15) is 9.90 Å². The average Bonchev–Trinajstić information content (AvgIpc) is 3.16. The molecule has 1 fully saturated rings. The Morgan fingerprint density at radius 3 is 2.67 bits per heavy atom. The van der Waals surface area contributed by atoms with Crippen LogP contribution in [-0.4, -0.2) is 39.1 Å². The van der Waals surface area contributed by atoms with Crippen molar-refractivity contribution in [1.82, 2.24) is 9.88 Å². The average molecular weight is 344 g/mol. The van der Waals surface area contributed by atoms with Crippen molar-refractivity contribution in [2.45, 2.75) is 51.7 Å². The lowest BCUT2D eigenvalue weighted by Crippen LogP contribution is -2.48. The van der Waals surface area contributed by atoms with E-state index in [2.05, 4.69) is 4.98 Å². The van der Waals surface area contributed by atoms with Gasteiger partial charge in [0.25, 0.3) is 0 Å². The van der Waals surface area contributed by atoms with Gasteiger partial charge >= 0.3 is 0 Å². The fourth-order valence-electron chi connectivity index (χ4n) is 3.37. The van der Waals surface area contributed by atoms with E-state index in [0.29, 0.717) is 6.42 Å². The molecule has 0 bridgehead atoms. The maximum Gasteiger partial charge on any atom is 0.227 e. The summed E-state index contributed by atoms with van der Waals surface area (Å²) < 4.78 is 0. The van der Waals surface area contributed by atoms with E-state index in [0.717, 1.165) is 41.2 Å². The fraction of sp³-hybridized carbons (Fsp3) is 0.474. The van der Waals surface area contributed by atoms with Crippen LogP contribution in [-0.2, 0) is 11.2 Å². The van der Waals surface area contributed by atoms with E-state index in [1.807, 2.05) is 41.5 Å². The zero-order valence-electron chi connectivity index (χ0n) is 14.5. The first-order valence-electron chi connectivity index (χ1n) is 8.38. The third-order valence-corrected chi connectivity index (χ3v) is 5.39. The number of amides is 1. The lowest BCUT2D eigenvalue weighted by Gasteiger charge is -2.34. The van der Waals surface area contributed by atoms with Crippen LogP contribution in [0, 0.1) is 6.92 Å². The van der Waals surface area contributed by atoms with Crippen LogP contribution in [0.15, 0.2) is 29.6 Å². The summed E-state index contributed by atoms with van der Waals surface area (Å²) >= 11 is 1.64. The molecular weight excluding hydrogens is 320 g/mol. The number of hydrogen-bond donors (Lipinski definition) is 1. The summed E-state index contributed by atoms with van der Waals surface area (Å²) in [7, 11) is 0. The van der Waals surface area contributed by atoms with Gasteiger partial charge in [-0.1, -0.05) is 24.3 Å². The van der Waals surface area contributed by atoms with Crippen LogP contribution >= 0.6 is 11.3 Å². The second kappa shape index (κ2) is 6.65. The van der Waals surface area contributed by atoms with Crippen molar-refractivity contribution in [2.24, 2.45) is 0 Å². The smallest absolute Gasteiger partial charge is 0.227 e. The molecule has 4 nitrogen and oxygen atoms in total. The first-order chi connectivity index (χ1) is 11.3. The highest BCUT2D eigenvalue weighted by atomic mass is 32.1. The molecule has 2 heterocycles. The molecule has 1 saturated heterocycles. The first-order valence-corrected chi connectivity index (χ1v) is 9.26. The highest BCUT2D eigenvalue weighted by Crippen LogP contribution is 2.28. The van der Waals surface area contributed by atoms with Crippen molar-refractivity contribution in [2.75, 3.05) is 6.54 Å². The zero-order valence-corrected chi connectivity index (χ0v) is 15.3. The standard InChI is InChI=1S/C19H24N2O2S/c1-13-20-16(12-24-13)15-8-6-14(7-9-15)11-18(22)21-10-4-5-17(21)19(2,3)23/h6-9,12,17,23H,4-5,10-11H2,1-3H3. The van der Waals surface area contributed by atoms with Gasteiger partial charge in [-0.3, -0.25) is 4.79 Å². The summed E-state index contributed by atoms with van der Waals surface area (Å²) in [6.45, 7) is 6.31.